The first-order valence-electron chi connectivity index (χ1n) is 4.74. The fourth-order valence-corrected chi connectivity index (χ4v) is 2.04. The van der Waals surface area contributed by atoms with Crippen LogP contribution in [0.5, 0.6) is 0 Å². The van der Waals surface area contributed by atoms with Crippen LogP contribution in [-0.2, 0) is 4.74 Å². The third-order valence-corrected chi connectivity index (χ3v) is 2.76. The number of hydrogen-bond donors (Lipinski definition) is 1. The minimum absolute atomic E-state index is 0.286. The summed E-state index contributed by atoms with van der Waals surface area (Å²) in [4.78, 5) is 2.54. The Bertz CT molecular complexity index is 170. The predicted molar refractivity (Wildman–Crippen MR) is 48.3 cm³/mol. The molecule has 0 aromatic carbocycles. The fraction of sp³-hybridized carbons (Fsp3) is 1.00. The van der Waals surface area contributed by atoms with Crippen LogP contribution in [-0.4, -0.2) is 49.3 Å². The fourth-order valence-electron chi connectivity index (χ4n) is 2.04. The second kappa shape index (κ2) is 2.98. The molecule has 0 amide bonds. The maximum Gasteiger partial charge on any atom is 0.0634 e. The lowest BCUT2D eigenvalue weighted by molar-refractivity contribution is -0.0369. The van der Waals surface area contributed by atoms with Gasteiger partial charge >= 0.3 is 0 Å². The Morgan fingerprint density at radius 3 is 3.17 bits per heavy atom. The van der Waals surface area contributed by atoms with Gasteiger partial charge in [-0.2, -0.15) is 0 Å². The molecule has 2 aliphatic heterocycles. The molecule has 1 N–H and O–H groups in total. The van der Waals surface area contributed by atoms with Crippen LogP contribution in [0.25, 0.3) is 0 Å². The smallest absolute Gasteiger partial charge is 0.0634 e. The number of hydrogen-bond acceptors (Lipinski definition) is 3. The van der Waals surface area contributed by atoms with E-state index in [0.717, 1.165) is 32.8 Å². The largest absolute Gasteiger partial charge is 0.378 e. The second-order valence-electron chi connectivity index (χ2n) is 4.46. The number of nitrogens with one attached hydrogen (secondary N) is 1. The quantitative estimate of drug-likeness (QED) is 0.557. The van der Waals surface area contributed by atoms with Gasteiger partial charge in [0.2, 0.25) is 0 Å². The number of piperazine rings is 1. The summed E-state index contributed by atoms with van der Waals surface area (Å²) >= 11 is 0. The zero-order valence-corrected chi connectivity index (χ0v) is 7.97. The summed E-state index contributed by atoms with van der Waals surface area (Å²) < 4.78 is 5.43. The van der Waals surface area contributed by atoms with Crippen LogP contribution in [0.4, 0.5) is 0 Å². The molecule has 2 fully saturated rings. The van der Waals surface area contributed by atoms with Gasteiger partial charge in [-0.25, -0.2) is 0 Å². The molecule has 0 bridgehead atoms. The van der Waals surface area contributed by atoms with Gasteiger partial charge < -0.3 is 10.1 Å². The number of morpholine rings is 1. The summed E-state index contributed by atoms with van der Waals surface area (Å²) in [6.07, 6.45) is 0. The maximum absolute atomic E-state index is 5.43. The van der Waals surface area contributed by atoms with E-state index in [1.807, 2.05) is 0 Å². The lowest BCUT2D eigenvalue weighted by Crippen LogP contribution is -2.64. The van der Waals surface area contributed by atoms with Gasteiger partial charge in [-0.15, -0.1) is 0 Å². The van der Waals surface area contributed by atoms with E-state index in [1.54, 1.807) is 0 Å². The highest BCUT2D eigenvalue weighted by atomic mass is 16.5. The van der Waals surface area contributed by atoms with Crippen molar-refractivity contribution < 1.29 is 4.74 Å². The Labute approximate surface area is 74.1 Å². The van der Waals surface area contributed by atoms with Gasteiger partial charge in [0.1, 0.15) is 0 Å². The van der Waals surface area contributed by atoms with E-state index in [0.29, 0.717) is 6.04 Å². The summed E-state index contributed by atoms with van der Waals surface area (Å²) in [5.41, 5.74) is 0.286. The summed E-state index contributed by atoms with van der Waals surface area (Å²) in [5.74, 6) is 0. The topological polar surface area (TPSA) is 24.5 Å². The van der Waals surface area contributed by atoms with Crippen molar-refractivity contribution >= 4 is 0 Å². The van der Waals surface area contributed by atoms with Gasteiger partial charge in [-0.3, -0.25) is 4.90 Å². The highest BCUT2D eigenvalue weighted by Gasteiger charge is 2.33. The van der Waals surface area contributed by atoms with Gasteiger partial charge in [-0.1, -0.05) is 0 Å². The third kappa shape index (κ3) is 1.63. The average Bonchev–Trinajstić information content (AvgIpc) is 2.02. The molecule has 0 aromatic rings. The predicted octanol–water partition coefficient (Wildman–Crippen LogP) is 0.0690. The molecule has 12 heavy (non-hydrogen) atoms. The van der Waals surface area contributed by atoms with Crippen molar-refractivity contribution in [2.75, 3.05) is 32.8 Å². The van der Waals surface area contributed by atoms with Gasteiger partial charge in [0.15, 0.2) is 0 Å². The molecule has 2 saturated heterocycles. The molecule has 3 nitrogen and oxygen atoms in total. The number of fused-ring (bicyclic) bond motifs is 1. The van der Waals surface area contributed by atoms with Crippen LogP contribution in [0.3, 0.4) is 0 Å². The molecule has 70 valence electrons. The lowest BCUT2D eigenvalue weighted by Gasteiger charge is -2.46. The molecule has 1 unspecified atom stereocenters. The zero-order chi connectivity index (χ0) is 8.60. The summed E-state index contributed by atoms with van der Waals surface area (Å²) in [6, 6.07) is 0.617. The molecule has 0 radical (unpaired) electrons. The van der Waals surface area contributed by atoms with E-state index in [1.165, 1.54) is 0 Å². The minimum Gasteiger partial charge on any atom is -0.378 e. The first-order chi connectivity index (χ1) is 5.67. The zero-order valence-electron chi connectivity index (χ0n) is 7.97. The Hall–Kier alpha value is -0.120. The van der Waals surface area contributed by atoms with E-state index in [4.69, 9.17) is 4.74 Å². The molecular weight excluding hydrogens is 152 g/mol. The monoisotopic (exact) mass is 170 g/mol. The Balaban J connectivity index is 1.99. The summed E-state index contributed by atoms with van der Waals surface area (Å²) in [5, 5.41) is 3.54. The van der Waals surface area contributed by atoms with Crippen molar-refractivity contribution in [3.05, 3.63) is 0 Å². The van der Waals surface area contributed by atoms with E-state index >= 15 is 0 Å². The normalized spacial score (nSPS) is 36.0. The van der Waals surface area contributed by atoms with E-state index in [9.17, 15) is 0 Å². The molecule has 3 heteroatoms. The van der Waals surface area contributed by atoms with Crippen molar-refractivity contribution in [3.8, 4) is 0 Å². The number of rotatable bonds is 0. The van der Waals surface area contributed by atoms with Crippen LogP contribution in [0.1, 0.15) is 13.8 Å². The van der Waals surface area contributed by atoms with Crippen LogP contribution in [0, 0.1) is 0 Å². The first-order valence-corrected chi connectivity index (χ1v) is 4.74. The SMILES string of the molecule is CC1(C)CN2CCOCC2CN1. The molecule has 0 saturated carbocycles. The summed E-state index contributed by atoms with van der Waals surface area (Å²) in [7, 11) is 0. The van der Waals surface area contributed by atoms with Crippen molar-refractivity contribution in [1.82, 2.24) is 10.2 Å². The molecule has 0 spiro atoms. The average molecular weight is 170 g/mol. The molecule has 2 aliphatic rings. The molecule has 1 atom stereocenters. The van der Waals surface area contributed by atoms with E-state index in [2.05, 4.69) is 24.1 Å². The third-order valence-electron chi connectivity index (χ3n) is 2.76. The van der Waals surface area contributed by atoms with Crippen molar-refractivity contribution in [1.29, 1.82) is 0 Å². The second-order valence-corrected chi connectivity index (χ2v) is 4.46. The van der Waals surface area contributed by atoms with Gasteiger partial charge in [0.25, 0.3) is 0 Å². The van der Waals surface area contributed by atoms with Crippen molar-refractivity contribution in [3.63, 3.8) is 0 Å². The highest BCUT2D eigenvalue weighted by molar-refractivity contribution is 4.93. The first kappa shape index (κ1) is 8.48. The van der Waals surface area contributed by atoms with Crippen LogP contribution in [0.2, 0.25) is 0 Å². The number of ether oxygens (including phenoxy) is 1. The van der Waals surface area contributed by atoms with E-state index in [-0.39, 0.29) is 5.54 Å². The van der Waals surface area contributed by atoms with Gasteiger partial charge in [0.05, 0.1) is 13.2 Å². The Morgan fingerprint density at radius 1 is 1.50 bits per heavy atom. The van der Waals surface area contributed by atoms with Crippen molar-refractivity contribution in [2.24, 2.45) is 0 Å². The molecule has 0 aliphatic carbocycles. The highest BCUT2D eigenvalue weighted by Crippen LogP contribution is 2.17. The van der Waals surface area contributed by atoms with Gasteiger partial charge in [-0.05, 0) is 13.8 Å². The maximum atomic E-state index is 5.43. The number of nitrogens with zero attached hydrogens (tertiary/aromatic N) is 1. The molecule has 2 rings (SSSR count). The van der Waals surface area contributed by atoms with Crippen LogP contribution in [0.15, 0.2) is 0 Å². The standard InChI is InChI=1S/C9H18N2O/c1-9(2)7-11-3-4-12-6-8(11)5-10-9/h8,10H,3-7H2,1-2H3. The molecule has 0 aromatic heterocycles. The summed E-state index contributed by atoms with van der Waals surface area (Å²) in [6.45, 7) is 9.68. The minimum atomic E-state index is 0.286. The Morgan fingerprint density at radius 2 is 2.33 bits per heavy atom. The van der Waals surface area contributed by atoms with Crippen LogP contribution >= 0.6 is 0 Å². The van der Waals surface area contributed by atoms with Gasteiger partial charge in [0, 0.05) is 31.2 Å². The molecular formula is C9H18N2O. The van der Waals surface area contributed by atoms with Crippen molar-refractivity contribution in [2.45, 2.75) is 25.4 Å². The van der Waals surface area contributed by atoms with E-state index < -0.39 is 0 Å². The Kier molecular flexibility index (Phi) is 2.10. The molecule has 2 heterocycles. The van der Waals surface area contributed by atoms with Crippen LogP contribution < -0.4 is 5.32 Å². The lowest BCUT2D eigenvalue weighted by atomic mass is 9.98.